The van der Waals surface area contributed by atoms with Gasteiger partial charge in [-0.3, -0.25) is 37.9 Å². The Balaban J connectivity index is -0.000000229. The number of amides is 2. The summed E-state index contributed by atoms with van der Waals surface area (Å²) in [5, 5.41) is 55.5. The molecule has 7 atom stereocenters. The van der Waals surface area contributed by atoms with Gasteiger partial charge in [-0.1, -0.05) is 40.5 Å². The number of carbonyl (C=O) groups is 8. The van der Waals surface area contributed by atoms with Crippen LogP contribution in [-0.2, 0) is 57.1 Å². The van der Waals surface area contributed by atoms with Gasteiger partial charge in [-0.05, 0) is 50.5 Å². The molecule has 0 aliphatic carbocycles. The predicted molar refractivity (Wildman–Crippen MR) is 217 cm³/mol. The Bertz CT molecular complexity index is 1510. The molecule has 0 fully saturated rings. The molecule has 0 spiro atoms. The summed E-state index contributed by atoms with van der Waals surface area (Å²) >= 11 is 0. The SMILES string of the molecule is CC(CCC(=O)O)CP(=O)(O)CCCN.CC(CCC(=O)O)CP(=O)(O)O.CCCC(NC(=O)C[C@H](N)C(=O)O)C(=O)O.CCCC(NC(=O)[C@@H](N)CC(=O)O)C(=O)O.O=C=O. The first-order valence-corrected chi connectivity index (χ1v) is 22.7. The molecule has 26 nitrogen and oxygen atoms in total. The van der Waals surface area contributed by atoms with Gasteiger partial charge in [0.15, 0.2) is 0 Å². The van der Waals surface area contributed by atoms with Crippen molar-refractivity contribution in [2.24, 2.45) is 29.0 Å². The van der Waals surface area contributed by atoms with Crippen LogP contribution in [0.4, 0.5) is 0 Å². The smallest absolute Gasteiger partial charge is 0.373 e. The Kier molecular flexibility index (Phi) is 40.8. The van der Waals surface area contributed by atoms with E-state index in [1.807, 2.05) is 0 Å². The number of carboxylic acids is 6. The van der Waals surface area contributed by atoms with Crippen molar-refractivity contribution in [3.8, 4) is 0 Å². The fourth-order valence-corrected chi connectivity index (χ4v) is 7.45. The minimum Gasteiger partial charge on any atom is -0.481 e. The van der Waals surface area contributed by atoms with Crippen LogP contribution in [0, 0.1) is 11.8 Å². The fraction of sp³-hybridized carbons (Fsp3) is 0.735. The number of aliphatic carboxylic acids is 6. The van der Waals surface area contributed by atoms with Gasteiger partial charge in [0.2, 0.25) is 19.2 Å². The number of carboxylic acid groups (broad SMARTS) is 6. The molecule has 362 valence electrons. The van der Waals surface area contributed by atoms with E-state index in [-0.39, 0.29) is 55.7 Å². The molecule has 0 rings (SSSR count). The Morgan fingerprint density at radius 3 is 1.34 bits per heavy atom. The highest BCUT2D eigenvalue weighted by molar-refractivity contribution is 7.58. The molecule has 0 aromatic heterocycles. The zero-order valence-electron chi connectivity index (χ0n) is 35.1. The summed E-state index contributed by atoms with van der Waals surface area (Å²) in [6.07, 6.45) is 2.56. The van der Waals surface area contributed by atoms with Crippen LogP contribution in [0.3, 0.4) is 0 Å². The molecule has 0 aromatic rings. The van der Waals surface area contributed by atoms with Crippen LogP contribution in [0.25, 0.3) is 0 Å². The Morgan fingerprint density at radius 2 is 1.02 bits per heavy atom. The number of hydrogen-bond acceptors (Lipinski definition) is 15. The van der Waals surface area contributed by atoms with Crippen LogP contribution in [0.15, 0.2) is 0 Å². The first kappa shape index (κ1) is 66.5. The number of carbonyl (C=O) groups excluding carboxylic acids is 4. The average Bonchev–Trinajstić information content (AvgIpc) is 3.11. The first-order valence-electron chi connectivity index (χ1n) is 18.9. The van der Waals surface area contributed by atoms with Crippen LogP contribution in [-0.4, -0.2) is 148 Å². The third kappa shape index (κ3) is 48.0. The number of nitrogens with one attached hydrogen (secondary N) is 2. The van der Waals surface area contributed by atoms with E-state index >= 15 is 0 Å². The summed E-state index contributed by atoms with van der Waals surface area (Å²) in [6.45, 7) is 7.40. The molecule has 17 N–H and O–H groups in total. The molecule has 2 amide bonds. The molecular weight excluding hydrogens is 876 g/mol. The summed E-state index contributed by atoms with van der Waals surface area (Å²) < 4.78 is 22.0. The van der Waals surface area contributed by atoms with Gasteiger partial charge >= 0.3 is 49.6 Å². The average molecular weight is 942 g/mol. The van der Waals surface area contributed by atoms with Crippen molar-refractivity contribution >= 4 is 68.7 Å². The highest BCUT2D eigenvalue weighted by Crippen LogP contribution is 2.43. The van der Waals surface area contributed by atoms with Gasteiger partial charge in [-0.25, -0.2) is 9.59 Å². The van der Waals surface area contributed by atoms with E-state index in [1.54, 1.807) is 27.7 Å². The van der Waals surface area contributed by atoms with Crippen LogP contribution >= 0.6 is 15.0 Å². The largest absolute Gasteiger partial charge is 0.481 e. The highest BCUT2D eigenvalue weighted by Gasteiger charge is 2.25. The topological polar surface area (TPSA) is 489 Å². The zero-order valence-corrected chi connectivity index (χ0v) is 36.9. The molecule has 62 heavy (non-hydrogen) atoms. The monoisotopic (exact) mass is 941 g/mol. The van der Waals surface area contributed by atoms with E-state index in [0.717, 1.165) is 0 Å². The Morgan fingerprint density at radius 1 is 0.613 bits per heavy atom. The van der Waals surface area contributed by atoms with E-state index in [0.29, 0.717) is 45.1 Å². The van der Waals surface area contributed by atoms with Crippen LogP contribution in [0.5, 0.6) is 0 Å². The van der Waals surface area contributed by atoms with Gasteiger partial charge in [0.1, 0.15) is 18.1 Å². The van der Waals surface area contributed by atoms with Crippen LogP contribution in [0.2, 0.25) is 0 Å². The number of hydrogen-bond donors (Lipinski definition) is 14. The van der Waals surface area contributed by atoms with Gasteiger partial charge in [0.25, 0.3) is 0 Å². The summed E-state index contributed by atoms with van der Waals surface area (Å²) in [5.41, 5.74) is 15.7. The number of rotatable bonds is 27. The quantitative estimate of drug-likeness (QED) is 0.0462. The molecule has 0 radical (unpaired) electrons. The van der Waals surface area contributed by atoms with E-state index in [4.69, 9.17) is 67.2 Å². The van der Waals surface area contributed by atoms with E-state index < -0.39 is 99.6 Å². The van der Waals surface area contributed by atoms with Crippen molar-refractivity contribution in [1.29, 1.82) is 0 Å². The molecule has 28 heteroatoms. The van der Waals surface area contributed by atoms with Crippen molar-refractivity contribution in [2.45, 2.75) is 122 Å². The van der Waals surface area contributed by atoms with Gasteiger partial charge in [0.05, 0.1) is 25.0 Å². The maximum Gasteiger partial charge on any atom is 0.373 e. The van der Waals surface area contributed by atoms with Crippen LogP contribution < -0.4 is 27.8 Å². The van der Waals surface area contributed by atoms with E-state index in [1.165, 1.54) is 0 Å². The third-order valence-corrected chi connectivity index (χ3v) is 10.7. The van der Waals surface area contributed by atoms with Crippen molar-refractivity contribution in [3.05, 3.63) is 0 Å². The minimum atomic E-state index is -3.97. The fourth-order valence-electron chi connectivity index (χ4n) is 4.44. The second kappa shape index (κ2) is 38.1. The third-order valence-electron chi connectivity index (χ3n) is 7.42. The molecule has 0 bridgehead atoms. The van der Waals surface area contributed by atoms with Crippen LogP contribution in [0.1, 0.15) is 98.3 Å². The number of nitrogens with two attached hydrogens (primary N) is 3. The van der Waals surface area contributed by atoms with E-state index in [9.17, 15) is 52.4 Å². The summed E-state index contributed by atoms with van der Waals surface area (Å²) in [6, 6.07) is -4.54. The molecule has 0 aliphatic heterocycles. The second-order valence-electron chi connectivity index (χ2n) is 13.7. The van der Waals surface area contributed by atoms with Crippen molar-refractivity contribution in [1.82, 2.24) is 10.6 Å². The van der Waals surface area contributed by atoms with E-state index in [2.05, 4.69) is 10.6 Å². The Hall–Kier alpha value is -4.64. The summed E-state index contributed by atoms with van der Waals surface area (Å²) in [7, 11) is -7.07. The standard InChI is InChI=1S/2C9H16N2O5.C9H20NO4P.C6H13O5P.CO2/c1-2-3-6(9(15)16)11-8(14)5(10)4-7(12)13;1-2-3-6(9(15)16)11-7(12)4-5(10)8(13)14;1-8(3-4-9(11)12)7-15(13,14)6-2-5-10;1-5(2-3-6(7)8)4-12(9,10)11;2-1-3/h5-6H,2-4,10H2,1H3,(H,11,14)(H,12,13)(H,15,16);5-6H,2-4,10H2,1H3,(H,11,12)(H,13,14)(H,15,16);8H,2-7,10H2,1H3,(H,11,12)(H,13,14);5H,2-4H2,1H3,(H,7,8)(H2,9,10,11);/t2*5-,6?;;;/m00.../s1. The molecule has 0 saturated heterocycles. The lowest BCUT2D eigenvalue weighted by molar-refractivity contribution is -0.192. The lowest BCUT2D eigenvalue weighted by atomic mass is 10.1. The van der Waals surface area contributed by atoms with Gasteiger partial charge < -0.3 is 73.2 Å². The minimum absolute atomic E-state index is 0.0327. The summed E-state index contributed by atoms with van der Waals surface area (Å²) in [4.78, 5) is 128. The molecule has 0 heterocycles. The Labute approximate surface area is 358 Å². The molecular formula is C34H65N5O21P2. The second-order valence-corrected chi connectivity index (χ2v) is 17.9. The molecule has 5 unspecified atom stereocenters. The molecule has 0 aliphatic rings. The first-order chi connectivity index (χ1) is 28.4. The maximum atomic E-state index is 11.6. The van der Waals surface area contributed by atoms with Crippen molar-refractivity contribution in [2.75, 3.05) is 25.0 Å². The van der Waals surface area contributed by atoms with Crippen molar-refractivity contribution < 1.29 is 102 Å². The lowest BCUT2D eigenvalue weighted by Crippen LogP contribution is -2.49. The van der Waals surface area contributed by atoms with Gasteiger partial charge in [-0.15, -0.1) is 0 Å². The maximum absolute atomic E-state index is 11.6. The molecule has 0 aromatic carbocycles. The molecule has 0 saturated carbocycles. The zero-order chi connectivity index (χ0) is 49.8. The van der Waals surface area contributed by atoms with Gasteiger partial charge in [0, 0.05) is 25.2 Å². The highest BCUT2D eigenvalue weighted by atomic mass is 31.2. The lowest BCUT2D eigenvalue weighted by Gasteiger charge is -2.16. The van der Waals surface area contributed by atoms with Gasteiger partial charge in [-0.2, -0.15) is 9.59 Å². The normalized spacial score (nSPS) is 14.2. The van der Waals surface area contributed by atoms with Crippen molar-refractivity contribution in [3.63, 3.8) is 0 Å². The summed E-state index contributed by atoms with van der Waals surface area (Å²) in [5.74, 6) is -8.31. The predicted octanol–water partition coefficient (Wildman–Crippen LogP) is -0.496.